The van der Waals surface area contributed by atoms with Gasteiger partial charge in [0, 0.05) is 41.1 Å². The molecule has 214 valence electrons. The fourth-order valence-corrected chi connectivity index (χ4v) is 4.93. The van der Waals surface area contributed by atoms with Gasteiger partial charge in [-0.15, -0.1) is 0 Å². The largest absolute Gasteiger partial charge is 0.495 e. The number of pyridine rings is 2. The minimum atomic E-state index is -4.50. The Morgan fingerprint density at radius 3 is 2.48 bits per heavy atom. The summed E-state index contributed by atoms with van der Waals surface area (Å²) >= 11 is 13.1. The maximum Gasteiger partial charge on any atom is 0.405 e. The molecular formula is C26H26Cl2F3N5O4. The molecule has 40 heavy (non-hydrogen) atoms. The Labute approximate surface area is 238 Å². The molecule has 0 radical (unpaired) electrons. The lowest BCUT2D eigenvalue weighted by atomic mass is 10.0. The highest BCUT2D eigenvalue weighted by Crippen LogP contribution is 2.46. The average Bonchev–Trinajstić information content (AvgIpc) is 3.36. The monoisotopic (exact) mass is 599 g/mol. The number of aromatic nitrogens is 2. The normalized spacial score (nSPS) is 17.0. The summed E-state index contributed by atoms with van der Waals surface area (Å²) in [6.07, 6.45) is -1.81. The first-order valence-electron chi connectivity index (χ1n) is 12.0. The van der Waals surface area contributed by atoms with Crippen LogP contribution in [0.15, 0.2) is 37.1 Å². The number of carbonyl (C=O) groups is 1. The van der Waals surface area contributed by atoms with Crippen LogP contribution in [0.5, 0.6) is 11.5 Å². The summed E-state index contributed by atoms with van der Waals surface area (Å²) in [6.45, 7) is 3.30. The third kappa shape index (κ3) is 6.62. The second-order valence-corrected chi connectivity index (χ2v) is 9.65. The van der Waals surface area contributed by atoms with Crippen molar-refractivity contribution in [3.8, 4) is 22.8 Å². The molecule has 0 bridgehead atoms. The van der Waals surface area contributed by atoms with Crippen LogP contribution in [0.25, 0.3) is 22.0 Å². The van der Waals surface area contributed by atoms with Gasteiger partial charge in [0.25, 0.3) is 0 Å². The van der Waals surface area contributed by atoms with Gasteiger partial charge in [0.1, 0.15) is 29.7 Å². The van der Waals surface area contributed by atoms with Crippen molar-refractivity contribution in [1.82, 2.24) is 15.3 Å². The molecule has 14 heteroatoms. The number of hydrogen-bond acceptors (Lipinski definition) is 8. The number of ether oxygens (including phenoxy) is 3. The Hall–Kier alpha value is -3.48. The molecule has 4 rings (SSSR count). The molecule has 2 atom stereocenters. The van der Waals surface area contributed by atoms with E-state index in [1.165, 1.54) is 32.6 Å². The van der Waals surface area contributed by atoms with Crippen molar-refractivity contribution < 1.29 is 32.2 Å². The minimum absolute atomic E-state index is 0.0514. The van der Waals surface area contributed by atoms with E-state index >= 15 is 0 Å². The lowest BCUT2D eigenvalue weighted by Gasteiger charge is -2.19. The number of anilines is 2. The number of nitrogens with zero attached hydrogens (tertiary/aromatic N) is 2. The summed E-state index contributed by atoms with van der Waals surface area (Å²) in [4.78, 5) is 20.6. The second kappa shape index (κ2) is 12.4. The molecule has 0 saturated carbocycles. The van der Waals surface area contributed by atoms with Crippen LogP contribution >= 0.6 is 23.2 Å². The fraction of sp³-hybridized carbons (Fsp3) is 0.346. The van der Waals surface area contributed by atoms with Crippen molar-refractivity contribution in [3.63, 3.8) is 0 Å². The van der Waals surface area contributed by atoms with Crippen LogP contribution in [-0.4, -0.2) is 68.6 Å². The van der Waals surface area contributed by atoms with Gasteiger partial charge in [-0.05, 0) is 18.2 Å². The number of amides is 1. The molecule has 3 aromatic rings. The van der Waals surface area contributed by atoms with Gasteiger partial charge in [-0.1, -0.05) is 29.8 Å². The summed E-state index contributed by atoms with van der Waals surface area (Å²) in [6, 6.07) is 4.48. The van der Waals surface area contributed by atoms with E-state index in [4.69, 9.17) is 37.4 Å². The topological polar surface area (TPSA) is 107 Å². The number of halogens is 5. The zero-order chi connectivity index (χ0) is 29.0. The molecule has 1 fully saturated rings. The van der Waals surface area contributed by atoms with E-state index in [1.807, 2.05) is 0 Å². The Morgan fingerprint density at radius 1 is 1.15 bits per heavy atom. The number of hydrogen-bond donors (Lipinski definition) is 3. The van der Waals surface area contributed by atoms with Gasteiger partial charge < -0.3 is 30.2 Å². The Balaban J connectivity index is 1.71. The highest BCUT2D eigenvalue weighted by molar-refractivity contribution is 6.41. The van der Waals surface area contributed by atoms with Crippen LogP contribution in [-0.2, 0) is 9.53 Å². The van der Waals surface area contributed by atoms with Gasteiger partial charge >= 0.3 is 6.18 Å². The highest BCUT2D eigenvalue weighted by atomic mass is 35.5. The SMILES string of the molecule is C=CC(=O)NC1COCC1CNc1cc2c(NCC(F)(F)F)nc(-c3c(Cl)c(OC)cc(OC)c3Cl)cc2cn1. The van der Waals surface area contributed by atoms with E-state index in [1.54, 1.807) is 12.1 Å². The molecule has 0 aliphatic carbocycles. The molecule has 1 aromatic carbocycles. The quantitative estimate of drug-likeness (QED) is 0.269. The number of benzene rings is 1. The zero-order valence-corrected chi connectivity index (χ0v) is 23.0. The predicted octanol–water partition coefficient (Wildman–Crippen LogP) is 5.32. The second-order valence-electron chi connectivity index (χ2n) is 8.90. The fourth-order valence-electron chi connectivity index (χ4n) is 4.24. The van der Waals surface area contributed by atoms with Crippen LogP contribution in [0.3, 0.4) is 0 Å². The van der Waals surface area contributed by atoms with E-state index in [9.17, 15) is 18.0 Å². The molecule has 3 heterocycles. The molecule has 9 nitrogen and oxygen atoms in total. The average molecular weight is 600 g/mol. The van der Waals surface area contributed by atoms with Gasteiger partial charge in [-0.3, -0.25) is 4.79 Å². The van der Waals surface area contributed by atoms with Crippen molar-refractivity contribution in [2.45, 2.75) is 12.2 Å². The molecule has 3 N–H and O–H groups in total. The van der Waals surface area contributed by atoms with E-state index in [2.05, 4.69) is 32.5 Å². The number of alkyl halides is 3. The first-order chi connectivity index (χ1) is 19.0. The van der Waals surface area contributed by atoms with Crippen LogP contribution in [0.2, 0.25) is 10.0 Å². The Bertz CT molecular complexity index is 1400. The maximum absolute atomic E-state index is 13.2. The van der Waals surface area contributed by atoms with E-state index in [-0.39, 0.29) is 56.5 Å². The van der Waals surface area contributed by atoms with Crippen molar-refractivity contribution in [1.29, 1.82) is 0 Å². The molecule has 1 saturated heterocycles. The van der Waals surface area contributed by atoms with Crippen LogP contribution in [0.4, 0.5) is 24.8 Å². The van der Waals surface area contributed by atoms with E-state index < -0.39 is 12.7 Å². The molecule has 1 aliphatic heterocycles. The van der Waals surface area contributed by atoms with Crippen molar-refractivity contribution >= 4 is 51.5 Å². The van der Waals surface area contributed by atoms with Crippen molar-refractivity contribution in [2.75, 3.05) is 51.2 Å². The maximum atomic E-state index is 13.2. The number of methoxy groups -OCH3 is 2. The lowest BCUT2D eigenvalue weighted by Crippen LogP contribution is -2.41. The molecule has 1 aliphatic rings. The van der Waals surface area contributed by atoms with Gasteiger partial charge in [-0.25, -0.2) is 9.97 Å². The number of carbonyl (C=O) groups excluding carboxylic acids is 1. The molecular weight excluding hydrogens is 574 g/mol. The van der Waals surface area contributed by atoms with Crippen LogP contribution in [0.1, 0.15) is 0 Å². The third-order valence-electron chi connectivity index (χ3n) is 6.26. The Morgan fingerprint density at radius 2 is 1.85 bits per heavy atom. The van der Waals surface area contributed by atoms with E-state index in [0.29, 0.717) is 36.3 Å². The molecule has 2 unspecified atom stereocenters. The smallest absolute Gasteiger partial charge is 0.405 e. The summed E-state index contributed by atoms with van der Waals surface area (Å²) in [7, 11) is 2.82. The molecule has 0 spiro atoms. The summed E-state index contributed by atoms with van der Waals surface area (Å²) in [5, 5.41) is 9.47. The van der Waals surface area contributed by atoms with Gasteiger partial charge in [0.05, 0.1) is 49.2 Å². The zero-order valence-electron chi connectivity index (χ0n) is 21.5. The first kappa shape index (κ1) is 29.5. The molecule has 2 aromatic heterocycles. The third-order valence-corrected chi connectivity index (χ3v) is 7.01. The van der Waals surface area contributed by atoms with E-state index in [0.717, 1.165) is 0 Å². The van der Waals surface area contributed by atoms with Crippen molar-refractivity contribution in [2.24, 2.45) is 5.92 Å². The van der Waals surface area contributed by atoms with Crippen LogP contribution in [0, 0.1) is 5.92 Å². The first-order valence-corrected chi connectivity index (χ1v) is 12.8. The number of rotatable bonds is 10. The highest BCUT2D eigenvalue weighted by Gasteiger charge is 2.30. The van der Waals surface area contributed by atoms with Crippen LogP contribution < -0.4 is 25.4 Å². The standard InChI is InChI=1S/C26H26Cl2F3N5O4/c1-4-21(37)35-17-11-40-10-14(17)9-33-20-6-15-13(8-32-20)5-16(36-25(15)34-12-26(29,30)31)22-23(27)18(38-2)7-19(39-3)24(22)28/h4-8,14,17H,1,9-12H2,2-3H3,(H,32,33)(H,34,36)(H,35,37). The number of fused-ring (bicyclic) bond motifs is 1. The predicted molar refractivity (Wildman–Crippen MR) is 148 cm³/mol. The summed E-state index contributed by atoms with van der Waals surface area (Å²) < 4.78 is 55.7. The lowest BCUT2D eigenvalue weighted by molar-refractivity contribution is -0.117. The number of nitrogens with one attached hydrogen (secondary N) is 3. The van der Waals surface area contributed by atoms with Gasteiger partial charge in [0.15, 0.2) is 0 Å². The minimum Gasteiger partial charge on any atom is -0.495 e. The Kier molecular flexibility index (Phi) is 9.12. The van der Waals surface area contributed by atoms with Crippen molar-refractivity contribution in [3.05, 3.63) is 47.1 Å². The summed E-state index contributed by atoms with van der Waals surface area (Å²) in [5.41, 5.74) is 0.420. The summed E-state index contributed by atoms with van der Waals surface area (Å²) in [5.74, 6) is 0.487. The van der Waals surface area contributed by atoms with Gasteiger partial charge in [-0.2, -0.15) is 13.2 Å². The molecule has 1 amide bonds. The van der Waals surface area contributed by atoms with Gasteiger partial charge in [0.2, 0.25) is 5.91 Å².